The number of aromatic nitrogens is 4. The van der Waals surface area contributed by atoms with Crippen LogP contribution in [0.5, 0.6) is 0 Å². The average molecular weight is 320 g/mol. The highest BCUT2D eigenvalue weighted by Crippen LogP contribution is 2.15. The molecule has 0 amide bonds. The van der Waals surface area contributed by atoms with Crippen LogP contribution in [0.25, 0.3) is 5.69 Å². The second-order valence-corrected chi connectivity index (χ2v) is 5.92. The molecule has 0 bridgehead atoms. The van der Waals surface area contributed by atoms with Gasteiger partial charge in [-0.25, -0.2) is 9.67 Å². The van der Waals surface area contributed by atoms with Crippen LogP contribution in [0.4, 0.5) is 5.82 Å². The van der Waals surface area contributed by atoms with Crippen LogP contribution in [0.15, 0.2) is 60.9 Å². The van der Waals surface area contributed by atoms with Gasteiger partial charge >= 0.3 is 0 Å². The number of piperazine rings is 1. The van der Waals surface area contributed by atoms with Crippen molar-refractivity contribution in [3.63, 3.8) is 0 Å². The third-order valence-corrected chi connectivity index (χ3v) is 4.35. The van der Waals surface area contributed by atoms with Crippen LogP contribution in [0, 0.1) is 0 Å². The molecular formula is C18H20N6. The minimum absolute atomic E-state index is 0.859. The summed E-state index contributed by atoms with van der Waals surface area (Å²) in [5.74, 6) is 1.06. The Hall–Kier alpha value is -2.73. The first-order chi connectivity index (χ1) is 11.9. The molecule has 0 N–H and O–H groups in total. The fourth-order valence-electron chi connectivity index (χ4n) is 3.06. The van der Waals surface area contributed by atoms with Crippen LogP contribution in [-0.2, 0) is 6.54 Å². The molecule has 2 aromatic heterocycles. The van der Waals surface area contributed by atoms with Crippen molar-refractivity contribution in [2.24, 2.45) is 0 Å². The smallest absolute Gasteiger partial charge is 0.128 e. The predicted octanol–water partition coefficient (Wildman–Crippen LogP) is 1.98. The Kier molecular flexibility index (Phi) is 4.20. The number of para-hydroxylation sites is 1. The van der Waals surface area contributed by atoms with E-state index in [1.54, 1.807) is 0 Å². The highest BCUT2D eigenvalue weighted by molar-refractivity contribution is 5.38. The first-order valence-electron chi connectivity index (χ1n) is 8.23. The standard InChI is InChI=1S/C18H20N6/c1-2-6-16(7-3-1)24-17(14-20-21-24)15-22-10-12-23(13-11-22)18-8-4-5-9-19-18/h1-9,14H,10-13,15H2. The maximum absolute atomic E-state index is 4.44. The van der Waals surface area contributed by atoms with E-state index in [-0.39, 0.29) is 0 Å². The first kappa shape index (κ1) is 14.8. The van der Waals surface area contributed by atoms with Gasteiger partial charge in [0, 0.05) is 38.9 Å². The van der Waals surface area contributed by atoms with Crippen molar-refractivity contribution in [2.45, 2.75) is 6.54 Å². The van der Waals surface area contributed by atoms with Crippen molar-refractivity contribution in [3.8, 4) is 5.69 Å². The summed E-state index contributed by atoms with van der Waals surface area (Å²) >= 11 is 0. The number of pyridine rings is 1. The molecule has 0 radical (unpaired) electrons. The third kappa shape index (κ3) is 3.14. The Balaban J connectivity index is 1.41. The zero-order valence-electron chi connectivity index (χ0n) is 13.5. The van der Waals surface area contributed by atoms with Gasteiger partial charge in [0.15, 0.2) is 0 Å². The van der Waals surface area contributed by atoms with Gasteiger partial charge in [-0.3, -0.25) is 4.90 Å². The van der Waals surface area contributed by atoms with E-state index in [9.17, 15) is 0 Å². The molecule has 24 heavy (non-hydrogen) atoms. The molecule has 1 aliphatic rings. The van der Waals surface area contributed by atoms with Crippen molar-refractivity contribution >= 4 is 5.82 Å². The van der Waals surface area contributed by atoms with Crippen LogP contribution in [0.3, 0.4) is 0 Å². The Morgan fingerprint density at radius 1 is 0.875 bits per heavy atom. The van der Waals surface area contributed by atoms with Gasteiger partial charge in [0.2, 0.25) is 0 Å². The highest BCUT2D eigenvalue weighted by atomic mass is 15.4. The van der Waals surface area contributed by atoms with Gasteiger partial charge in [0.05, 0.1) is 17.6 Å². The molecule has 0 atom stereocenters. The molecule has 4 rings (SSSR count). The van der Waals surface area contributed by atoms with Crippen LogP contribution in [0.2, 0.25) is 0 Å². The topological polar surface area (TPSA) is 50.1 Å². The number of benzene rings is 1. The maximum atomic E-state index is 4.44. The van der Waals surface area contributed by atoms with Gasteiger partial charge in [0.1, 0.15) is 5.82 Å². The summed E-state index contributed by atoms with van der Waals surface area (Å²) in [6, 6.07) is 16.2. The molecule has 1 fully saturated rings. The molecule has 6 nitrogen and oxygen atoms in total. The summed E-state index contributed by atoms with van der Waals surface area (Å²) in [7, 11) is 0. The molecule has 0 aliphatic carbocycles. The average Bonchev–Trinajstić information content (AvgIpc) is 3.12. The summed E-state index contributed by atoms with van der Waals surface area (Å²) < 4.78 is 1.92. The van der Waals surface area contributed by atoms with E-state index in [0.717, 1.165) is 49.9 Å². The van der Waals surface area contributed by atoms with Crippen LogP contribution in [0.1, 0.15) is 5.69 Å². The Morgan fingerprint density at radius 3 is 2.42 bits per heavy atom. The van der Waals surface area contributed by atoms with Gasteiger partial charge in [-0.15, -0.1) is 5.10 Å². The second-order valence-electron chi connectivity index (χ2n) is 5.92. The molecule has 0 spiro atoms. The molecule has 1 aliphatic heterocycles. The number of hydrogen-bond acceptors (Lipinski definition) is 5. The third-order valence-electron chi connectivity index (χ3n) is 4.35. The van der Waals surface area contributed by atoms with Gasteiger partial charge in [-0.2, -0.15) is 0 Å². The SMILES string of the molecule is c1ccc(-n2nncc2CN2CCN(c3ccccn3)CC2)cc1. The highest BCUT2D eigenvalue weighted by Gasteiger charge is 2.19. The van der Waals surface area contributed by atoms with E-state index >= 15 is 0 Å². The fraction of sp³-hybridized carbons (Fsp3) is 0.278. The van der Waals surface area contributed by atoms with E-state index in [4.69, 9.17) is 0 Å². The molecule has 1 saturated heterocycles. The van der Waals surface area contributed by atoms with Crippen LogP contribution in [-0.4, -0.2) is 51.1 Å². The van der Waals surface area contributed by atoms with E-state index in [1.165, 1.54) is 0 Å². The molecule has 0 unspecified atom stereocenters. The number of anilines is 1. The van der Waals surface area contributed by atoms with Crippen LogP contribution >= 0.6 is 0 Å². The summed E-state index contributed by atoms with van der Waals surface area (Å²) in [5.41, 5.74) is 2.17. The fourth-order valence-corrected chi connectivity index (χ4v) is 3.06. The zero-order chi connectivity index (χ0) is 16.2. The molecular weight excluding hydrogens is 300 g/mol. The lowest BCUT2D eigenvalue weighted by molar-refractivity contribution is 0.244. The van der Waals surface area contributed by atoms with Gasteiger partial charge in [-0.05, 0) is 24.3 Å². The van der Waals surface area contributed by atoms with E-state index < -0.39 is 0 Å². The molecule has 1 aromatic carbocycles. The normalized spacial score (nSPS) is 15.6. The molecule has 3 heterocycles. The molecule has 0 saturated carbocycles. The largest absolute Gasteiger partial charge is 0.354 e. The van der Waals surface area contributed by atoms with E-state index in [2.05, 4.69) is 43.3 Å². The Morgan fingerprint density at radius 2 is 1.67 bits per heavy atom. The Bertz CT molecular complexity index is 762. The lowest BCUT2D eigenvalue weighted by Gasteiger charge is -2.35. The minimum atomic E-state index is 0.859. The van der Waals surface area contributed by atoms with Crippen molar-refractivity contribution < 1.29 is 0 Å². The van der Waals surface area contributed by atoms with E-state index in [0.29, 0.717) is 0 Å². The second kappa shape index (κ2) is 6.80. The lowest BCUT2D eigenvalue weighted by Crippen LogP contribution is -2.46. The summed E-state index contributed by atoms with van der Waals surface area (Å²) in [4.78, 5) is 9.22. The molecule has 6 heteroatoms. The van der Waals surface area contributed by atoms with Gasteiger partial charge in [0.25, 0.3) is 0 Å². The van der Waals surface area contributed by atoms with E-state index in [1.807, 2.05) is 47.4 Å². The molecule has 3 aromatic rings. The van der Waals surface area contributed by atoms with Gasteiger partial charge < -0.3 is 4.90 Å². The van der Waals surface area contributed by atoms with Gasteiger partial charge in [-0.1, -0.05) is 29.5 Å². The lowest BCUT2D eigenvalue weighted by atomic mass is 10.2. The van der Waals surface area contributed by atoms with Crippen molar-refractivity contribution in [1.29, 1.82) is 0 Å². The predicted molar refractivity (Wildman–Crippen MR) is 93.1 cm³/mol. The summed E-state index contributed by atoms with van der Waals surface area (Å²) in [5, 5.41) is 8.33. The number of nitrogens with zero attached hydrogens (tertiary/aromatic N) is 6. The first-order valence-corrected chi connectivity index (χ1v) is 8.23. The molecule has 122 valence electrons. The zero-order valence-corrected chi connectivity index (χ0v) is 13.5. The maximum Gasteiger partial charge on any atom is 0.128 e. The number of rotatable bonds is 4. The van der Waals surface area contributed by atoms with Crippen molar-refractivity contribution in [2.75, 3.05) is 31.1 Å². The monoisotopic (exact) mass is 320 g/mol. The minimum Gasteiger partial charge on any atom is -0.354 e. The number of hydrogen-bond donors (Lipinski definition) is 0. The van der Waals surface area contributed by atoms with Crippen molar-refractivity contribution in [1.82, 2.24) is 24.9 Å². The van der Waals surface area contributed by atoms with Crippen molar-refractivity contribution in [3.05, 3.63) is 66.6 Å². The summed E-state index contributed by atoms with van der Waals surface area (Å²) in [6.07, 6.45) is 3.71. The van der Waals surface area contributed by atoms with Crippen LogP contribution < -0.4 is 4.90 Å². The Labute approximate surface area is 141 Å². The quantitative estimate of drug-likeness (QED) is 0.736. The summed E-state index contributed by atoms with van der Waals surface area (Å²) in [6.45, 7) is 4.86.